The van der Waals surface area contributed by atoms with E-state index in [9.17, 15) is 4.79 Å². The maximum Gasteiger partial charge on any atom is 0.238 e. The van der Waals surface area contributed by atoms with Crippen molar-refractivity contribution in [2.24, 2.45) is 0 Å². The Labute approximate surface area is 143 Å². The molecule has 24 heavy (non-hydrogen) atoms. The molecule has 1 N–H and O–H groups in total. The number of benzene rings is 2. The predicted octanol–water partition coefficient (Wildman–Crippen LogP) is 3.64. The van der Waals surface area contributed by atoms with E-state index in [0.29, 0.717) is 24.0 Å². The first-order chi connectivity index (χ1) is 11.7. The number of ether oxygens (including phenoxy) is 1. The molecular weight excluding hydrogens is 300 g/mol. The molecular formula is C20H24N2O2. The molecule has 4 heteroatoms. The molecule has 0 fully saturated rings. The van der Waals surface area contributed by atoms with E-state index in [0.717, 1.165) is 12.8 Å². The van der Waals surface area contributed by atoms with E-state index >= 15 is 0 Å². The monoisotopic (exact) mass is 324 g/mol. The highest BCUT2D eigenvalue weighted by Crippen LogP contribution is 2.33. The summed E-state index contributed by atoms with van der Waals surface area (Å²) in [6, 6.07) is 16.3. The van der Waals surface area contributed by atoms with Crippen LogP contribution in [0.2, 0.25) is 0 Å². The van der Waals surface area contributed by atoms with Crippen LogP contribution in [0.15, 0.2) is 48.5 Å². The Morgan fingerprint density at radius 3 is 2.79 bits per heavy atom. The van der Waals surface area contributed by atoms with Crippen molar-refractivity contribution in [1.29, 1.82) is 0 Å². The first-order valence-electron chi connectivity index (χ1n) is 8.40. The third-order valence-electron chi connectivity index (χ3n) is 4.64. The van der Waals surface area contributed by atoms with Crippen LogP contribution in [0.5, 0.6) is 5.75 Å². The second-order valence-electron chi connectivity index (χ2n) is 6.27. The molecule has 0 heterocycles. The molecule has 0 aromatic heterocycles. The second kappa shape index (κ2) is 7.49. The Bertz CT molecular complexity index is 714. The number of nitrogens with one attached hydrogen (secondary N) is 1. The van der Waals surface area contributed by atoms with Crippen LogP contribution in [0.25, 0.3) is 0 Å². The maximum absolute atomic E-state index is 12.4. The van der Waals surface area contributed by atoms with Gasteiger partial charge >= 0.3 is 0 Å². The van der Waals surface area contributed by atoms with E-state index < -0.39 is 0 Å². The van der Waals surface area contributed by atoms with Gasteiger partial charge in [-0.05, 0) is 49.6 Å². The largest absolute Gasteiger partial charge is 0.495 e. The average Bonchev–Trinajstić information content (AvgIpc) is 2.61. The van der Waals surface area contributed by atoms with Gasteiger partial charge in [-0.1, -0.05) is 36.4 Å². The van der Waals surface area contributed by atoms with Crippen LogP contribution < -0.4 is 10.1 Å². The molecule has 4 nitrogen and oxygen atoms in total. The number of methoxy groups -OCH3 is 1. The number of carbonyl (C=O) groups is 1. The zero-order chi connectivity index (χ0) is 16.9. The molecule has 2 aromatic carbocycles. The van der Waals surface area contributed by atoms with Crippen LogP contribution in [0.3, 0.4) is 0 Å². The van der Waals surface area contributed by atoms with Gasteiger partial charge < -0.3 is 10.1 Å². The number of amides is 1. The van der Waals surface area contributed by atoms with Crippen molar-refractivity contribution in [3.63, 3.8) is 0 Å². The summed E-state index contributed by atoms with van der Waals surface area (Å²) < 4.78 is 5.29. The van der Waals surface area contributed by atoms with Gasteiger partial charge in [-0.3, -0.25) is 9.69 Å². The Morgan fingerprint density at radius 2 is 1.96 bits per heavy atom. The summed E-state index contributed by atoms with van der Waals surface area (Å²) in [6.07, 6.45) is 3.39. The molecule has 0 saturated heterocycles. The normalized spacial score (nSPS) is 16.5. The van der Waals surface area contributed by atoms with E-state index in [1.54, 1.807) is 7.11 Å². The molecule has 0 saturated carbocycles. The lowest BCUT2D eigenvalue weighted by atomic mass is 9.87. The molecule has 1 aliphatic rings. The number of hydrogen-bond acceptors (Lipinski definition) is 3. The number of aryl methyl sites for hydroxylation is 1. The van der Waals surface area contributed by atoms with Gasteiger partial charge in [-0.15, -0.1) is 0 Å². The summed E-state index contributed by atoms with van der Waals surface area (Å²) in [6.45, 7) is 0.358. The van der Waals surface area contributed by atoms with E-state index in [-0.39, 0.29) is 5.91 Å². The van der Waals surface area contributed by atoms with Crippen molar-refractivity contribution < 1.29 is 9.53 Å². The van der Waals surface area contributed by atoms with E-state index in [2.05, 4.69) is 34.5 Å². The molecule has 0 radical (unpaired) electrons. The van der Waals surface area contributed by atoms with Gasteiger partial charge in [-0.2, -0.15) is 0 Å². The summed E-state index contributed by atoms with van der Waals surface area (Å²) in [5.74, 6) is 0.654. The summed E-state index contributed by atoms with van der Waals surface area (Å²) in [5, 5.41) is 2.95. The number of fused-ring (bicyclic) bond motifs is 1. The van der Waals surface area contributed by atoms with Crippen molar-refractivity contribution >= 4 is 11.6 Å². The summed E-state index contributed by atoms with van der Waals surface area (Å²) in [5.41, 5.74) is 3.48. The zero-order valence-electron chi connectivity index (χ0n) is 14.3. The van der Waals surface area contributed by atoms with Gasteiger partial charge in [0.25, 0.3) is 0 Å². The summed E-state index contributed by atoms with van der Waals surface area (Å²) >= 11 is 0. The molecule has 126 valence electrons. The van der Waals surface area contributed by atoms with Crippen LogP contribution in [0, 0.1) is 0 Å². The number of para-hydroxylation sites is 2. The number of rotatable bonds is 5. The number of carbonyl (C=O) groups excluding carboxylic acids is 1. The first-order valence-corrected chi connectivity index (χ1v) is 8.40. The van der Waals surface area contributed by atoms with Gasteiger partial charge in [-0.25, -0.2) is 0 Å². The van der Waals surface area contributed by atoms with Crippen LogP contribution in [0.1, 0.15) is 30.0 Å². The van der Waals surface area contributed by atoms with Gasteiger partial charge in [0.05, 0.1) is 19.3 Å². The van der Waals surface area contributed by atoms with Crippen molar-refractivity contribution in [2.75, 3.05) is 26.0 Å². The van der Waals surface area contributed by atoms with E-state index in [1.807, 2.05) is 31.3 Å². The van der Waals surface area contributed by atoms with Crippen LogP contribution in [-0.2, 0) is 11.2 Å². The molecule has 1 amide bonds. The zero-order valence-corrected chi connectivity index (χ0v) is 14.3. The highest BCUT2D eigenvalue weighted by atomic mass is 16.5. The van der Waals surface area contributed by atoms with Crippen molar-refractivity contribution in [2.45, 2.75) is 25.3 Å². The van der Waals surface area contributed by atoms with E-state index in [4.69, 9.17) is 4.74 Å². The standard InChI is InChI=1S/C20H24N2O2/c1-22(18-12-7-9-15-8-3-4-10-16(15)18)14-20(23)21-17-11-5-6-13-19(17)24-2/h3-6,8,10-11,13,18H,7,9,12,14H2,1-2H3,(H,21,23)/t18-/m1/s1. The molecule has 0 aliphatic heterocycles. The number of nitrogens with zero attached hydrogens (tertiary/aromatic N) is 1. The van der Waals surface area contributed by atoms with Crippen LogP contribution in [0.4, 0.5) is 5.69 Å². The van der Waals surface area contributed by atoms with Gasteiger partial charge in [0.15, 0.2) is 0 Å². The van der Waals surface area contributed by atoms with Crippen LogP contribution >= 0.6 is 0 Å². The van der Waals surface area contributed by atoms with Gasteiger partial charge in [0.2, 0.25) is 5.91 Å². The summed E-state index contributed by atoms with van der Waals surface area (Å²) in [4.78, 5) is 14.6. The fourth-order valence-corrected chi connectivity index (χ4v) is 3.46. The molecule has 1 aliphatic carbocycles. The van der Waals surface area contributed by atoms with Crippen molar-refractivity contribution in [1.82, 2.24) is 4.90 Å². The SMILES string of the molecule is COc1ccccc1NC(=O)CN(C)[C@@H]1CCCc2ccccc21. The fourth-order valence-electron chi connectivity index (χ4n) is 3.46. The third-order valence-corrected chi connectivity index (χ3v) is 4.64. The number of anilines is 1. The minimum Gasteiger partial charge on any atom is -0.495 e. The van der Waals surface area contributed by atoms with E-state index in [1.165, 1.54) is 17.5 Å². The predicted molar refractivity (Wildman–Crippen MR) is 96.4 cm³/mol. The third kappa shape index (κ3) is 3.60. The average molecular weight is 324 g/mol. The van der Waals surface area contributed by atoms with Crippen molar-refractivity contribution in [3.8, 4) is 5.75 Å². The topological polar surface area (TPSA) is 41.6 Å². The first kappa shape index (κ1) is 16.5. The lowest BCUT2D eigenvalue weighted by Gasteiger charge is -2.32. The molecule has 0 spiro atoms. The number of hydrogen-bond donors (Lipinski definition) is 1. The van der Waals surface area contributed by atoms with Gasteiger partial charge in [0, 0.05) is 6.04 Å². The lowest BCUT2D eigenvalue weighted by Crippen LogP contribution is -2.35. The Morgan fingerprint density at radius 1 is 1.21 bits per heavy atom. The van der Waals surface area contributed by atoms with Crippen molar-refractivity contribution in [3.05, 3.63) is 59.7 Å². The quantitative estimate of drug-likeness (QED) is 0.913. The molecule has 0 unspecified atom stereocenters. The minimum absolute atomic E-state index is 0.0231. The molecule has 1 atom stereocenters. The maximum atomic E-state index is 12.4. The Hall–Kier alpha value is -2.33. The Kier molecular flexibility index (Phi) is 5.16. The Balaban J connectivity index is 1.67. The number of likely N-dealkylation sites (N-methyl/N-ethyl adjacent to an activating group) is 1. The second-order valence-corrected chi connectivity index (χ2v) is 6.27. The molecule has 2 aromatic rings. The van der Waals surface area contributed by atoms with Gasteiger partial charge in [0.1, 0.15) is 5.75 Å². The highest BCUT2D eigenvalue weighted by Gasteiger charge is 2.24. The minimum atomic E-state index is -0.0231. The molecule has 0 bridgehead atoms. The fraction of sp³-hybridized carbons (Fsp3) is 0.350. The lowest BCUT2D eigenvalue weighted by molar-refractivity contribution is -0.117. The summed E-state index contributed by atoms with van der Waals surface area (Å²) in [7, 11) is 3.63. The molecule has 3 rings (SSSR count). The van der Waals surface area contributed by atoms with Crippen LogP contribution in [-0.4, -0.2) is 31.5 Å². The smallest absolute Gasteiger partial charge is 0.238 e. The highest BCUT2D eigenvalue weighted by molar-refractivity contribution is 5.93.